The lowest BCUT2D eigenvalue weighted by molar-refractivity contribution is -0.119. The van der Waals surface area contributed by atoms with Gasteiger partial charge in [0.05, 0.1) is 28.4 Å². The van der Waals surface area contributed by atoms with Crippen molar-refractivity contribution >= 4 is 67.0 Å². The first-order chi connectivity index (χ1) is 20.5. The van der Waals surface area contributed by atoms with E-state index in [-0.39, 0.29) is 11.5 Å². The normalized spacial score (nSPS) is 11.4. The monoisotopic (exact) mass is 703 g/mol. The lowest BCUT2D eigenvalue weighted by Gasteiger charge is -2.24. The number of nitrogens with one attached hydrogen (secondary N) is 1. The first kappa shape index (κ1) is 32.3. The van der Waals surface area contributed by atoms with E-state index in [9.17, 15) is 13.2 Å². The van der Waals surface area contributed by atoms with Crippen LogP contribution in [0.1, 0.15) is 22.3 Å². The van der Waals surface area contributed by atoms with Crippen LogP contribution in [0.2, 0.25) is 10.0 Å². The van der Waals surface area contributed by atoms with Crippen LogP contribution in [0.15, 0.2) is 93.3 Å². The number of aryl methyl sites for hydroxylation is 2. The highest BCUT2D eigenvalue weighted by atomic mass is 79.9. The zero-order valence-electron chi connectivity index (χ0n) is 23.5. The van der Waals surface area contributed by atoms with E-state index in [1.54, 1.807) is 66.7 Å². The maximum atomic E-state index is 13.5. The van der Waals surface area contributed by atoms with Crippen molar-refractivity contribution in [1.82, 2.24) is 5.43 Å². The first-order valence-corrected chi connectivity index (χ1v) is 15.9. The van der Waals surface area contributed by atoms with Crippen LogP contribution in [0, 0.1) is 13.8 Å². The Morgan fingerprint density at radius 3 is 2.26 bits per heavy atom. The topological polar surface area (TPSA) is 97.3 Å². The van der Waals surface area contributed by atoms with E-state index in [4.69, 9.17) is 32.7 Å². The molecule has 0 bridgehead atoms. The van der Waals surface area contributed by atoms with Crippen molar-refractivity contribution in [3.8, 4) is 11.5 Å². The number of sulfonamides is 1. The Kier molecular flexibility index (Phi) is 10.7. The number of anilines is 1. The highest BCUT2D eigenvalue weighted by Crippen LogP contribution is 2.37. The minimum absolute atomic E-state index is 0.0764. The quantitative estimate of drug-likeness (QED) is 0.131. The molecular formula is C31H28BrCl2N3O5S. The number of hydrogen-bond donors (Lipinski definition) is 1. The molecule has 0 aliphatic rings. The third-order valence-corrected chi connectivity index (χ3v) is 9.22. The Labute approximate surface area is 269 Å². The number of carbonyl (C=O) groups excluding carboxylic acids is 1. The van der Waals surface area contributed by atoms with Crippen LogP contribution in [-0.4, -0.2) is 34.2 Å². The summed E-state index contributed by atoms with van der Waals surface area (Å²) in [4.78, 5) is 13.0. The Hall–Kier alpha value is -3.57. The molecule has 0 saturated heterocycles. The first-order valence-electron chi connectivity index (χ1n) is 12.9. The Balaban J connectivity index is 1.48. The van der Waals surface area contributed by atoms with Gasteiger partial charge in [-0.1, -0.05) is 64.7 Å². The molecule has 0 aliphatic heterocycles. The second-order valence-corrected chi connectivity index (χ2v) is 13.1. The van der Waals surface area contributed by atoms with Crippen molar-refractivity contribution in [2.45, 2.75) is 25.3 Å². The number of nitrogens with zero attached hydrogens (tertiary/aromatic N) is 2. The smallest absolute Gasteiger partial charge is 0.264 e. The summed E-state index contributed by atoms with van der Waals surface area (Å²) < 4.78 is 40.2. The average Bonchev–Trinajstić information content (AvgIpc) is 2.96. The van der Waals surface area contributed by atoms with E-state index in [0.717, 1.165) is 21.0 Å². The Bertz CT molecular complexity index is 1750. The summed E-state index contributed by atoms with van der Waals surface area (Å²) in [6.45, 7) is 3.46. The molecule has 224 valence electrons. The van der Waals surface area contributed by atoms with E-state index in [0.29, 0.717) is 37.3 Å². The van der Waals surface area contributed by atoms with Gasteiger partial charge in [0.1, 0.15) is 13.2 Å². The maximum absolute atomic E-state index is 13.5. The van der Waals surface area contributed by atoms with Gasteiger partial charge in [0.2, 0.25) is 0 Å². The second-order valence-electron chi connectivity index (χ2n) is 9.51. The van der Waals surface area contributed by atoms with Crippen LogP contribution in [0.25, 0.3) is 0 Å². The number of hydrazone groups is 1. The van der Waals surface area contributed by atoms with Gasteiger partial charge in [-0.3, -0.25) is 9.10 Å². The minimum Gasteiger partial charge on any atom is -0.493 e. The van der Waals surface area contributed by atoms with Crippen LogP contribution in [0.4, 0.5) is 5.69 Å². The second kappa shape index (κ2) is 14.3. The third kappa shape index (κ3) is 8.29. The molecule has 4 aromatic carbocycles. The van der Waals surface area contributed by atoms with E-state index >= 15 is 0 Å². The fraction of sp³-hybridized carbons (Fsp3) is 0.161. The van der Waals surface area contributed by atoms with Gasteiger partial charge in [-0.2, -0.15) is 5.10 Å². The number of ether oxygens (including phenoxy) is 2. The molecule has 0 atom stereocenters. The van der Waals surface area contributed by atoms with E-state index in [1.165, 1.54) is 25.5 Å². The molecule has 1 amide bonds. The summed E-state index contributed by atoms with van der Waals surface area (Å²) in [6, 6.07) is 21.9. The lowest BCUT2D eigenvalue weighted by atomic mass is 10.2. The molecule has 0 fully saturated rings. The zero-order chi connectivity index (χ0) is 31.1. The fourth-order valence-electron chi connectivity index (χ4n) is 3.95. The number of carbonyl (C=O) groups is 1. The SMILES string of the molecule is COc1cc(/C=N/NC(=O)CN(c2ccc(C)cc2)S(=O)(=O)c2ccc(C)cc2)cc(Br)c1OCc1ccc(Cl)cc1Cl. The van der Waals surface area contributed by atoms with Crippen LogP contribution >= 0.6 is 39.1 Å². The number of benzene rings is 4. The molecule has 0 aromatic heterocycles. The van der Waals surface area contributed by atoms with Crippen molar-refractivity contribution < 1.29 is 22.7 Å². The molecule has 4 rings (SSSR count). The van der Waals surface area contributed by atoms with Gasteiger partial charge in [-0.15, -0.1) is 0 Å². The van der Waals surface area contributed by atoms with Gasteiger partial charge >= 0.3 is 0 Å². The number of methoxy groups -OCH3 is 1. The number of rotatable bonds is 11. The van der Waals surface area contributed by atoms with Gasteiger partial charge < -0.3 is 9.47 Å². The highest BCUT2D eigenvalue weighted by Gasteiger charge is 2.27. The number of halogens is 3. The predicted octanol–water partition coefficient (Wildman–Crippen LogP) is 7.31. The molecule has 0 unspecified atom stereocenters. The third-order valence-electron chi connectivity index (χ3n) is 6.26. The fourth-order valence-corrected chi connectivity index (χ4v) is 6.41. The molecular weight excluding hydrogens is 677 g/mol. The average molecular weight is 705 g/mol. The molecule has 1 N–H and O–H groups in total. The predicted molar refractivity (Wildman–Crippen MR) is 174 cm³/mol. The van der Waals surface area contributed by atoms with Crippen LogP contribution in [0.5, 0.6) is 11.5 Å². The molecule has 0 radical (unpaired) electrons. The summed E-state index contributed by atoms with van der Waals surface area (Å²) in [5, 5.41) is 5.04. The van der Waals surface area contributed by atoms with E-state index in [2.05, 4.69) is 26.5 Å². The van der Waals surface area contributed by atoms with Crippen molar-refractivity contribution in [2.75, 3.05) is 18.0 Å². The molecule has 0 aliphatic carbocycles. The summed E-state index contributed by atoms with van der Waals surface area (Å²) in [7, 11) is -2.54. The van der Waals surface area contributed by atoms with E-state index in [1.807, 2.05) is 13.8 Å². The van der Waals surface area contributed by atoms with Crippen LogP contribution < -0.4 is 19.2 Å². The van der Waals surface area contributed by atoms with Crippen molar-refractivity contribution in [3.05, 3.63) is 116 Å². The lowest BCUT2D eigenvalue weighted by Crippen LogP contribution is -2.39. The molecule has 12 heteroatoms. The van der Waals surface area contributed by atoms with Crippen molar-refractivity contribution in [2.24, 2.45) is 5.10 Å². The standard InChI is InChI=1S/C31H28BrCl2N3O5S/c1-20-4-10-25(11-5-20)37(43(39,40)26-12-6-21(2)7-13-26)18-30(38)36-35-17-22-14-27(32)31(29(15-22)41-3)42-19-23-8-9-24(33)16-28(23)34/h4-17H,18-19H2,1-3H3,(H,36,38)/b35-17+. The van der Waals surface area contributed by atoms with Gasteiger partial charge in [-0.05, 0) is 83.9 Å². The number of amides is 1. The highest BCUT2D eigenvalue weighted by molar-refractivity contribution is 9.10. The van der Waals surface area contributed by atoms with Gasteiger partial charge in [0.25, 0.3) is 15.9 Å². The van der Waals surface area contributed by atoms with Crippen LogP contribution in [0.3, 0.4) is 0 Å². The minimum atomic E-state index is -4.04. The summed E-state index contributed by atoms with van der Waals surface area (Å²) >= 11 is 15.7. The van der Waals surface area contributed by atoms with Gasteiger partial charge in [0, 0.05) is 15.6 Å². The summed E-state index contributed by atoms with van der Waals surface area (Å²) in [5.41, 5.74) is 5.98. The molecule has 43 heavy (non-hydrogen) atoms. The largest absolute Gasteiger partial charge is 0.493 e. The molecule has 8 nitrogen and oxygen atoms in total. The Morgan fingerprint density at radius 2 is 1.63 bits per heavy atom. The number of hydrogen-bond acceptors (Lipinski definition) is 6. The van der Waals surface area contributed by atoms with Gasteiger partial charge in [-0.25, -0.2) is 13.8 Å². The van der Waals surface area contributed by atoms with Crippen LogP contribution in [-0.2, 0) is 21.4 Å². The maximum Gasteiger partial charge on any atom is 0.264 e. The van der Waals surface area contributed by atoms with Crippen molar-refractivity contribution in [1.29, 1.82) is 0 Å². The van der Waals surface area contributed by atoms with E-state index < -0.39 is 22.5 Å². The summed E-state index contributed by atoms with van der Waals surface area (Å²) in [6.07, 6.45) is 1.41. The van der Waals surface area contributed by atoms with Gasteiger partial charge in [0.15, 0.2) is 11.5 Å². The molecule has 0 saturated carbocycles. The molecule has 0 spiro atoms. The van der Waals surface area contributed by atoms with Crippen molar-refractivity contribution in [3.63, 3.8) is 0 Å². The Morgan fingerprint density at radius 1 is 0.977 bits per heavy atom. The molecule has 0 heterocycles. The zero-order valence-corrected chi connectivity index (χ0v) is 27.4. The molecule has 4 aromatic rings. The summed E-state index contributed by atoms with van der Waals surface area (Å²) in [5.74, 6) is 0.241.